The molecule has 2 aromatic heterocycles. The second-order valence-electron chi connectivity index (χ2n) is 4.79. The average Bonchev–Trinajstić information content (AvgIpc) is 2.83. The van der Waals surface area contributed by atoms with E-state index in [1.54, 1.807) is 0 Å². The molecule has 6 nitrogen and oxygen atoms in total. The number of aromatic nitrogens is 1. The third-order valence-corrected chi connectivity index (χ3v) is 4.37. The van der Waals surface area contributed by atoms with E-state index in [4.69, 9.17) is 5.73 Å². The highest BCUT2D eigenvalue weighted by molar-refractivity contribution is 7.21. The van der Waals surface area contributed by atoms with Gasteiger partial charge in [-0.2, -0.15) is 0 Å². The molecule has 2 heterocycles. The number of anilines is 1. The van der Waals surface area contributed by atoms with E-state index in [1.165, 1.54) is 35.6 Å². The summed E-state index contributed by atoms with van der Waals surface area (Å²) in [6.45, 7) is 1.86. The topological polar surface area (TPSA) is 99.1 Å². The van der Waals surface area contributed by atoms with Crippen LogP contribution in [0.25, 0.3) is 10.2 Å². The molecule has 0 atom stereocenters. The maximum Gasteiger partial charge on any atom is 0.270 e. The molecule has 0 spiro atoms. The van der Waals surface area contributed by atoms with Gasteiger partial charge in [0.05, 0.1) is 10.6 Å². The van der Waals surface area contributed by atoms with Crippen LogP contribution in [0, 0.1) is 17.0 Å². The molecule has 2 N–H and O–H groups in total. The smallest absolute Gasteiger partial charge is 0.270 e. The van der Waals surface area contributed by atoms with Crippen LogP contribution in [0.5, 0.6) is 0 Å². The van der Waals surface area contributed by atoms with Gasteiger partial charge in [0.15, 0.2) is 0 Å². The molecule has 0 aliphatic carbocycles. The van der Waals surface area contributed by atoms with Crippen LogP contribution in [0.15, 0.2) is 36.4 Å². The zero-order valence-electron chi connectivity index (χ0n) is 11.6. The number of non-ortho nitro benzene ring substituents is 1. The molecule has 0 saturated carbocycles. The Morgan fingerprint density at radius 3 is 2.82 bits per heavy atom. The summed E-state index contributed by atoms with van der Waals surface area (Å²) in [6.07, 6.45) is 0. The third kappa shape index (κ3) is 2.31. The van der Waals surface area contributed by atoms with Gasteiger partial charge in [-0.1, -0.05) is 12.1 Å². The molecular formula is C15H11N3O3S. The van der Waals surface area contributed by atoms with Crippen LogP contribution in [0.2, 0.25) is 0 Å². The Bertz CT molecular complexity index is 918. The number of nitro benzene ring substituents is 1. The van der Waals surface area contributed by atoms with Crippen LogP contribution in [0.1, 0.15) is 20.9 Å². The lowest BCUT2D eigenvalue weighted by Crippen LogP contribution is -2.02. The molecule has 22 heavy (non-hydrogen) atoms. The Balaban J connectivity index is 2.11. The number of thiophene rings is 1. The second-order valence-corrected chi connectivity index (χ2v) is 5.79. The first-order chi connectivity index (χ1) is 10.5. The molecule has 110 valence electrons. The summed E-state index contributed by atoms with van der Waals surface area (Å²) in [5.74, 6) is -0.332. The zero-order chi connectivity index (χ0) is 15.9. The molecule has 7 heteroatoms. The maximum absolute atomic E-state index is 12.6. The normalized spacial score (nSPS) is 10.8. The number of ketones is 1. The Morgan fingerprint density at radius 1 is 1.32 bits per heavy atom. The second kappa shape index (κ2) is 5.19. The number of hydrogen-bond donors (Lipinski definition) is 1. The lowest BCUT2D eigenvalue weighted by molar-refractivity contribution is -0.384. The average molecular weight is 313 g/mol. The van der Waals surface area contributed by atoms with Crippen LogP contribution in [-0.4, -0.2) is 15.7 Å². The Morgan fingerprint density at radius 2 is 2.09 bits per heavy atom. The summed E-state index contributed by atoms with van der Waals surface area (Å²) in [4.78, 5) is 28.3. The number of carbonyl (C=O) groups is 1. The van der Waals surface area contributed by atoms with Crippen molar-refractivity contribution in [3.8, 4) is 0 Å². The number of nitrogens with zero attached hydrogens (tertiary/aromatic N) is 2. The van der Waals surface area contributed by atoms with Crippen molar-refractivity contribution in [3.63, 3.8) is 0 Å². The van der Waals surface area contributed by atoms with Crippen molar-refractivity contribution in [2.45, 2.75) is 6.92 Å². The molecule has 3 rings (SSSR count). The van der Waals surface area contributed by atoms with Crippen LogP contribution in [0.3, 0.4) is 0 Å². The van der Waals surface area contributed by atoms with E-state index in [9.17, 15) is 14.9 Å². The molecule has 0 fully saturated rings. The van der Waals surface area contributed by atoms with Crippen LogP contribution < -0.4 is 5.73 Å². The van der Waals surface area contributed by atoms with Gasteiger partial charge >= 0.3 is 0 Å². The van der Waals surface area contributed by atoms with Crippen LogP contribution in [0.4, 0.5) is 11.4 Å². The SMILES string of the molecule is Cc1ccc2c(N)c(C(=O)c3cccc([N+](=O)[O-])c3)sc2n1. The molecule has 0 aliphatic heterocycles. The number of aryl methyl sites for hydroxylation is 1. The lowest BCUT2D eigenvalue weighted by Gasteiger charge is -2.00. The number of fused-ring (bicyclic) bond motifs is 1. The van der Waals surface area contributed by atoms with E-state index in [2.05, 4.69) is 4.98 Å². The molecule has 0 bridgehead atoms. The van der Waals surface area contributed by atoms with Gasteiger partial charge in [-0.15, -0.1) is 11.3 Å². The van der Waals surface area contributed by atoms with Crippen molar-refractivity contribution in [2.75, 3.05) is 5.73 Å². The highest BCUT2D eigenvalue weighted by Crippen LogP contribution is 2.34. The Kier molecular flexibility index (Phi) is 3.34. The summed E-state index contributed by atoms with van der Waals surface area (Å²) in [6, 6.07) is 9.27. The first kappa shape index (κ1) is 14.2. The van der Waals surface area contributed by atoms with Crippen molar-refractivity contribution in [3.05, 3.63) is 62.6 Å². The van der Waals surface area contributed by atoms with Gasteiger partial charge in [-0.05, 0) is 19.1 Å². The molecule has 0 aliphatic rings. The largest absolute Gasteiger partial charge is 0.397 e. The molecule has 1 aromatic carbocycles. The van der Waals surface area contributed by atoms with Gasteiger partial charge in [0.2, 0.25) is 5.78 Å². The lowest BCUT2D eigenvalue weighted by atomic mass is 10.1. The maximum atomic E-state index is 12.6. The summed E-state index contributed by atoms with van der Waals surface area (Å²) >= 11 is 1.20. The number of nitro groups is 1. The van der Waals surface area contributed by atoms with Crippen molar-refractivity contribution in [2.24, 2.45) is 0 Å². The van der Waals surface area contributed by atoms with Crippen LogP contribution >= 0.6 is 11.3 Å². The number of rotatable bonds is 3. The number of nitrogens with two attached hydrogens (primary N) is 1. The number of hydrogen-bond acceptors (Lipinski definition) is 6. The minimum absolute atomic E-state index is 0.125. The predicted octanol–water partition coefficient (Wildman–Crippen LogP) is 3.33. The number of benzene rings is 1. The van der Waals surface area contributed by atoms with Gasteiger partial charge in [0, 0.05) is 28.8 Å². The van der Waals surface area contributed by atoms with Crippen molar-refractivity contribution < 1.29 is 9.72 Å². The molecule has 0 amide bonds. The number of pyridine rings is 1. The highest BCUT2D eigenvalue weighted by Gasteiger charge is 2.20. The fourth-order valence-corrected chi connectivity index (χ4v) is 3.25. The van der Waals surface area contributed by atoms with Gasteiger partial charge in [-0.3, -0.25) is 14.9 Å². The fraction of sp³-hybridized carbons (Fsp3) is 0.0667. The highest BCUT2D eigenvalue weighted by atomic mass is 32.1. The first-order valence-corrected chi connectivity index (χ1v) is 7.24. The predicted molar refractivity (Wildman–Crippen MR) is 85.3 cm³/mol. The van der Waals surface area contributed by atoms with E-state index in [0.29, 0.717) is 15.4 Å². The molecule has 0 unspecified atom stereocenters. The van der Waals surface area contributed by atoms with E-state index in [-0.39, 0.29) is 17.0 Å². The first-order valence-electron chi connectivity index (χ1n) is 6.42. The quantitative estimate of drug-likeness (QED) is 0.454. The monoisotopic (exact) mass is 313 g/mol. The standard InChI is InChI=1S/C15H11N3O3S/c1-8-5-6-11-12(16)14(22-15(11)17-8)13(19)9-3-2-4-10(7-9)18(20)21/h2-7H,16H2,1H3. The molecule has 0 saturated heterocycles. The third-order valence-electron chi connectivity index (χ3n) is 3.26. The molecule has 3 aromatic rings. The summed E-state index contributed by atoms with van der Waals surface area (Å²) in [5, 5.41) is 11.5. The Hall–Kier alpha value is -2.80. The van der Waals surface area contributed by atoms with E-state index >= 15 is 0 Å². The minimum atomic E-state index is -0.532. The van der Waals surface area contributed by atoms with Gasteiger partial charge in [0.25, 0.3) is 5.69 Å². The summed E-state index contributed by atoms with van der Waals surface area (Å²) in [7, 11) is 0. The molecular weight excluding hydrogens is 302 g/mol. The van der Waals surface area contributed by atoms with Gasteiger partial charge in [-0.25, -0.2) is 4.98 Å². The van der Waals surface area contributed by atoms with Gasteiger partial charge in [0.1, 0.15) is 9.71 Å². The summed E-state index contributed by atoms with van der Waals surface area (Å²) < 4.78 is 0. The van der Waals surface area contributed by atoms with Crippen molar-refractivity contribution in [1.82, 2.24) is 4.98 Å². The fourth-order valence-electron chi connectivity index (χ4n) is 2.15. The molecule has 0 radical (unpaired) electrons. The van der Waals surface area contributed by atoms with Crippen LogP contribution in [-0.2, 0) is 0 Å². The minimum Gasteiger partial charge on any atom is -0.397 e. The number of carbonyl (C=O) groups excluding carboxylic acids is 1. The summed E-state index contributed by atoms with van der Waals surface area (Å²) in [5.41, 5.74) is 7.36. The van der Waals surface area contributed by atoms with E-state index in [0.717, 1.165) is 11.1 Å². The van der Waals surface area contributed by atoms with Crippen molar-refractivity contribution >= 4 is 38.7 Å². The Labute approximate surface area is 129 Å². The number of nitrogen functional groups attached to an aromatic ring is 1. The van der Waals surface area contributed by atoms with E-state index in [1.807, 2.05) is 19.1 Å². The van der Waals surface area contributed by atoms with E-state index < -0.39 is 4.92 Å². The zero-order valence-corrected chi connectivity index (χ0v) is 12.4. The van der Waals surface area contributed by atoms with Gasteiger partial charge < -0.3 is 5.73 Å². The van der Waals surface area contributed by atoms with Crippen molar-refractivity contribution in [1.29, 1.82) is 0 Å².